The lowest BCUT2D eigenvalue weighted by atomic mass is 10.0. The fraction of sp³-hybridized carbons (Fsp3) is 0.538. The second kappa shape index (κ2) is 5.51. The van der Waals surface area contributed by atoms with E-state index >= 15 is 0 Å². The summed E-state index contributed by atoms with van der Waals surface area (Å²) in [7, 11) is 0.173. The van der Waals surface area contributed by atoms with E-state index in [1.165, 1.54) is 12.0 Å². The van der Waals surface area contributed by atoms with E-state index in [1.54, 1.807) is 0 Å². The van der Waals surface area contributed by atoms with Crippen molar-refractivity contribution >= 4 is 7.92 Å². The molecule has 0 N–H and O–H groups in total. The predicted molar refractivity (Wildman–Crippen MR) is 67.5 cm³/mol. The lowest BCUT2D eigenvalue weighted by Gasteiger charge is -2.25. The number of rotatable bonds is 4. The molecule has 0 bridgehead atoms. The van der Waals surface area contributed by atoms with Crippen LogP contribution in [0.2, 0.25) is 0 Å². The Labute approximate surface area is 89.5 Å². The molecular weight excluding hydrogens is 187 g/mol. The van der Waals surface area contributed by atoms with E-state index in [4.69, 9.17) is 0 Å². The number of hydrogen-bond acceptors (Lipinski definition) is 0. The van der Waals surface area contributed by atoms with Crippen molar-refractivity contribution in [2.45, 2.75) is 25.9 Å². The first kappa shape index (κ1) is 11.7. The second-order valence-electron chi connectivity index (χ2n) is 4.46. The van der Waals surface area contributed by atoms with Crippen molar-refractivity contribution in [3.8, 4) is 0 Å². The Morgan fingerprint density at radius 2 is 1.64 bits per heavy atom. The van der Waals surface area contributed by atoms with E-state index in [1.807, 2.05) is 0 Å². The third-order valence-corrected chi connectivity index (χ3v) is 4.83. The fourth-order valence-corrected chi connectivity index (χ4v) is 3.64. The molecule has 1 unspecified atom stereocenters. The van der Waals surface area contributed by atoms with Gasteiger partial charge in [-0.3, -0.25) is 0 Å². The highest BCUT2D eigenvalue weighted by atomic mass is 31.1. The van der Waals surface area contributed by atoms with Crippen molar-refractivity contribution in [1.82, 2.24) is 0 Å². The van der Waals surface area contributed by atoms with Crippen LogP contribution in [0, 0.1) is 5.92 Å². The standard InChI is InChI=1S/C13H21P/c1-11(2)13(14(3)4)10-12-8-6-5-7-9-12/h5-9,11,13H,10H2,1-4H3. The van der Waals surface area contributed by atoms with E-state index in [9.17, 15) is 0 Å². The predicted octanol–water partition coefficient (Wildman–Crippen LogP) is 4.00. The Balaban J connectivity index is 2.65. The highest BCUT2D eigenvalue weighted by molar-refractivity contribution is 7.56. The molecule has 14 heavy (non-hydrogen) atoms. The van der Waals surface area contributed by atoms with Crippen molar-refractivity contribution in [2.24, 2.45) is 5.92 Å². The molecule has 0 aliphatic heterocycles. The molecule has 1 aromatic carbocycles. The largest absolute Gasteiger partial charge is 0.109 e. The van der Waals surface area contributed by atoms with Crippen LogP contribution < -0.4 is 0 Å². The Morgan fingerprint density at radius 1 is 1.07 bits per heavy atom. The Hall–Kier alpha value is -0.350. The van der Waals surface area contributed by atoms with Gasteiger partial charge in [-0.15, -0.1) is 7.92 Å². The lowest BCUT2D eigenvalue weighted by Crippen LogP contribution is -2.16. The van der Waals surface area contributed by atoms with Gasteiger partial charge in [0, 0.05) is 0 Å². The Morgan fingerprint density at radius 3 is 2.07 bits per heavy atom. The van der Waals surface area contributed by atoms with Gasteiger partial charge in [0.2, 0.25) is 0 Å². The van der Waals surface area contributed by atoms with Gasteiger partial charge in [-0.1, -0.05) is 44.2 Å². The molecule has 0 aliphatic rings. The minimum Gasteiger partial charge on any atom is -0.109 e. The van der Waals surface area contributed by atoms with Gasteiger partial charge in [0.05, 0.1) is 0 Å². The molecular formula is C13H21P. The summed E-state index contributed by atoms with van der Waals surface area (Å²) in [6.07, 6.45) is 1.25. The third kappa shape index (κ3) is 3.42. The lowest BCUT2D eigenvalue weighted by molar-refractivity contribution is 0.597. The van der Waals surface area contributed by atoms with Crippen LogP contribution in [0.5, 0.6) is 0 Å². The molecule has 0 fully saturated rings. The summed E-state index contributed by atoms with van der Waals surface area (Å²) >= 11 is 0. The number of hydrogen-bond donors (Lipinski definition) is 0. The van der Waals surface area contributed by atoms with Gasteiger partial charge in [0.25, 0.3) is 0 Å². The molecule has 1 aromatic rings. The summed E-state index contributed by atoms with van der Waals surface area (Å²) in [5.74, 6) is 0.802. The third-order valence-electron chi connectivity index (χ3n) is 2.72. The summed E-state index contributed by atoms with van der Waals surface area (Å²) in [4.78, 5) is 0. The molecule has 0 amide bonds. The SMILES string of the molecule is CC(C)C(Cc1ccccc1)P(C)C. The molecule has 0 radical (unpaired) electrons. The van der Waals surface area contributed by atoms with Crippen LogP contribution in [0.25, 0.3) is 0 Å². The second-order valence-corrected chi connectivity index (χ2v) is 7.06. The molecule has 1 heteroatoms. The normalized spacial score (nSPS) is 13.6. The molecule has 0 nitrogen and oxygen atoms in total. The van der Waals surface area contributed by atoms with Crippen LogP contribution in [-0.2, 0) is 6.42 Å². The van der Waals surface area contributed by atoms with Gasteiger partial charge in [0.15, 0.2) is 0 Å². The molecule has 0 aliphatic carbocycles. The summed E-state index contributed by atoms with van der Waals surface area (Å²) in [6.45, 7) is 9.47. The molecule has 1 atom stereocenters. The van der Waals surface area contributed by atoms with Crippen LogP contribution in [0.15, 0.2) is 30.3 Å². The van der Waals surface area contributed by atoms with Crippen LogP contribution in [-0.4, -0.2) is 19.0 Å². The maximum Gasteiger partial charge on any atom is -0.0151 e. The quantitative estimate of drug-likeness (QED) is 0.656. The molecule has 0 saturated carbocycles. The van der Waals surface area contributed by atoms with Crippen LogP contribution in [0.3, 0.4) is 0 Å². The maximum absolute atomic E-state index is 2.39. The van der Waals surface area contributed by atoms with Gasteiger partial charge in [-0.05, 0) is 36.9 Å². The fourth-order valence-electron chi connectivity index (χ4n) is 1.87. The summed E-state index contributed by atoms with van der Waals surface area (Å²) in [5.41, 5.74) is 2.36. The first-order valence-electron chi connectivity index (χ1n) is 5.31. The van der Waals surface area contributed by atoms with E-state index in [0.717, 1.165) is 11.6 Å². The van der Waals surface area contributed by atoms with Crippen LogP contribution in [0.4, 0.5) is 0 Å². The highest BCUT2D eigenvalue weighted by Gasteiger charge is 2.16. The van der Waals surface area contributed by atoms with E-state index in [2.05, 4.69) is 57.5 Å². The minimum atomic E-state index is 0.173. The molecule has 0 spiro atoms. The molecule has 0 saturated heterocycles. The van der Waals surface area contributed by atoms with Crippen molar-refractivity contribution in [3.05, 3.63) is 35.9 Å². The van der Waals surface area contributed by atoms with Crippen molar-refractivity contribution < 1.29 is 0 Å². The van der Waals surface area contributed by atoms with Crippen LogP contribution in [0.1, 0.15) is 19.4 Å². The van der Waals surface area contributed by atoms with Crippen LogP contribution >= 0.6 is 7.92 Å². The van der Waals surface area contributed by atoms with E-state index in [0.29, 0.717) is 0 Å². The summed E-state index contributed by atoms with van der Waals surface area (Å²) < 4.78 is 0. The zero-order chi connectivity index (χ0) is 10.6. The first-order valence-corrected chi connectivity index (χ1v) is 7.62. The van der Waals surface area contributed by atoms with Crippen molar-refractivity contribution in [3.63, 3.8) is 0 Å². The average molecular weight is 208 g/mol. The van der Waals surface area contributed by atoms with Crippen molar-refractivity contribution in [1.29, 1.82) is 0 Å². The van der Waals surface area contributed by atoms with Gasteiger partial charge >= 0.3 is 0 Å². The van der Waals surface area contributed by atoms with Gasteiger partial charge < -0.3 is 0 Å². The zero-order valence-electron chi connectivity index (χ0n) is 9.70. The van der Waals surface area contributed by atoms with E-state index < -0.39 is 0 Å². The first-order chi connectivity index (χ1) is 6.61. The highest BCUT2D eigenvalue weighted by Crippen LogP contribution is 2.38. The molecule has 1 rings (SSSR count). The molecule has 78 valence electrons. The average Bonchev–Trinajstić information content (AvgIpc) is 2.15. The Kier molecular flexibility index (Phi) is 4.62. The maximum atomic E-state index is 2.39. The van der Waals surface area contributed by atoms with E-state index in [-0.39, 0.29) is 7.92 Å². The van der Waals surface area contributed by atoms with Gasteiger partial charge in [-0.2, -0.15) is 0 Å². The summed E-state index contributed by atoms with van der Waals surface area (Å²) in [6, 6.07) is 10.9. The number of benzene rings is 1. The molecule has 0 aromatic heterocycles. The topological polar surface area (TPSA) is 0 Å². The molecule has 0 heterocycles. The monoisotopic (exact) mass is 208 g/mol. The van der Waals surface area contributed by atoms with Crippen molar-refractivity contribution in [2.75, 3.05) is 13.3 Å². The minimum absolute atomic E-state index is 0.173. The van der Waals surface area contributed by atoms with Gasteiger partial charge in [0.1, 0.15) is 0 Å². The Bertz CT molecular complexity index is 243. The zero-order valence-corrected chi connectivity index (χ0v) is 10.6. The smallest absolute Gasteiger partial charge is 0.0151 e. The summed E-state index contributed by atoms with van der Waals surface area (Å²) in [5, 5.41) is 0. The van der Waals surface area contributed by atoms with Gasteiger partial charge in [-0.25, -0.2) is 0 Å².